The lowest BCUT2D eigenvalue weighted by atomic mass is 9.86. The van der Waals surface area contributed by atoms with Crippen LogP contribution < -0.4 is 5.32 Å². The van der Waals surface area contributed by atoms with Crippen LogP contribution in [0.25, 0.3) is 11.5 Å². The number of hydrogen-bond acceptors (Lipinski definition) is 7. The van der Waals surface area contributed by atoms with Crippen LogP contribution in [-0.4, -0.2) is 40.5 Å². The molecule has 1 amide bonds. The van der Waals surface area contributed by atoms with Crippen LogP contribution in [0.1, 0.15) is 55.0 Å². The maximum Gasteiger partial charge on any atom is 0.281 e. The van der Waals surface area contributed by atoms with Gasteiger partial charge in [0.25, 0.3) is 6.43 Å². The van der Waals surface area contributed by atoms with E-state index in [2.05, 4.69) is 30.6 Å². The highest BCUT2D eigenvalue weighted by Crippen LogP contribution is 2.47. The van der Waals surface area contributed by atoms with E-state index in [1.807, 2.05) is 19.9 Å². The van der Waals surface area contributed by atoms with Crippen molar-refractivity contribution >= 4 is 17.2 Å². The van der Waals surface area contributed by atoms with E-state index in [1.54, 1.807) is 0 Å². The van der Waals surface area contributed by atoms with Crippen molar-refractivity contribution in [3.05, 3.63) is 59.4 Å². The highest BCUT2D eigenvalue weighted by molar-refractivity contribution is 5.97. The molecule has 4 aromatic heterocycles. The zero-order chi connectivity index (χ0) is 23.3. The number of pyridine rings is 1. The quantitative estimate of drug-likeness (QED) is 0.507. The smallest absolute Gasteiger partial charge is 0.281 e. The minimum atomic E-state index is -2.72. The summed E-state index contributed by atoms with van der Waals surface area (Å²) in [5.74, 6) is -0.643. The van der Waals surface area contributed by atoms with E-state index >= 15 is 0 Å². The molecule has 0 radical (unpaired) electrons. The summed E-state index contributed by atoms with van der Waals surface area (Å²) in [5.41, 5.74) is 1.37. The molecule has 1 aliphatic rings. The molecule has 1 atom stereocenters. The van der Waals surface area contributed by atoms with E-state index in [0.29, 0.717) is 23.3 Å². The molecular weight excluding hydrogens is 432 g/mol. The van der Waals surface area contributed by atoms with Crippen molar-refractivity contribution in [2.24, 2.45) is 0 Å². The van der Waals surface area contributed by atoms with Gasteiger partial charge in [0, 0.05) is 5.56 Å². The molecule has 0 unspecified atom stereocenters. The Kier molecular flexibility index (Phi) is 4.63. The lowest BCUT2D eigenvalue weighted by Gasteiger charge is -2.19. The zero-order valence-corrected chi connectivity index (χ0v) is 17.6. The van der Waals surface area contributed by atoms with Crippen LogP contribution >= 0.6 is 0 Å². The Labute approximate surface area is 185 Å². The molecule has 12 heteroatoms. The fourth-order valence-corrected chi connectivity index (χ4v) is 4.31. The van der Waals surface area contributed by atoms with Crippen LogP contribution in [0.3, 0.4) is 0 Å². The van der Waals surface area contributed by atoms with E-state index in [-0.39, 0.29) is 23.0 Å². The molecule has 0 aromatic carbocycles. The number of aromatic nitrogens is 7. The summed E-state index contributed by atoms with van der Waals surface area (Å²) in [4.78, 5) is 22.7. The van der Waals surface area contributed by atoms with Gasteiger partial charge in [-0.15, -0.1) is 4.80 Å². The second-order valence-electron chi connectivity index (χ2n) is 8.36. The molecule has 0 saturated carbocycles. The Morgan fingerprint density at radius 3 is 2.73 bits per heavy atom. The summed E-state index contributed by atoms with van der Waals surface area (Å²) in [7, 11) is 0. The molecular formula is C21H17F2N9O. The molecule has 0 saturated heterocycles. The number of nitriles is 1. The summed E-state index contributed by atoms with van der Waals surface area (Å²) < 4.78 is 27.7. The number of nitrogens with zero attached hydrogens (tertiary/aromatic N) is 8. The van der Waals surface area contributed by atoms with Crippen LogP contribution in [0, 0.1) is 11.3 Å². The fraction of sp³-hybridized carbons (Fsp3) is 0.286. The number of carbonyl (C=O) groups excluding carboxylic acids is 1. The van der Waals surface area contributed by atoms with Gasteiger partial charge in [0.05, 0.1) is 42.6 Å². The van der Waals surface area contributed by atoms with Crippen LogP contribution in [-0.2, 0) is 10.2 Å². The first-order valence-electron chi connectivity index (χ1n) is 10.0. The zero-order valence-electron chi connectivity index (χ0n) is 17.6. The van der Waals surface area contributed by atoms with Crippen molar-refractivity contribution in [2.75, 3.05) is 5.32 Å². The van der Waals surface area contributed by atoms with Crippen LogP contribution in [0.5, 0.6) is 0 Å². The van der Waals surface area contributed by atoms with Crippen molar-refractivity contribution < 1.29 is 13.6 Å². The number of alkyl halides is 2. The maximum atomic E-state index is 13.2. The Morgan fingerprint density at radius 2 is 2.03 bits per heavy atom. The molecule has 4 heterocycles. The molecule has 0 bridgehead atoms. The minimum absolute atomic E-state index is 0.191. The van der Waals surface area contributed by atoms with Gasteiger partial charge in [-0.1, -0.05) is 13.8 Å². The molecule has 10 nitrogen and oxygen atoms in total. The second kappa shape index (κ2) is 7.40. The average Bonchev–Trinajstić information content (AvgIpc) is 3.51. The van der Waals surface area contributed by atoms with Gasteiger partial charge in [-0.25, -0.2) is 23.3 Å². The summed E-state index contributed by atoms with van der Waals surface area (Å²) in [6.07, 6.45) is 4.81. The highest BCUT2D eigenvalue weighted by atomic mass is 19.3. The third kappa shape index (κ3) is 3.38. The number of carbonyl (C=O) groups is 1. The highest BCUT2D eigenvalue weighted by Gasteiger charge is 2.43. The van der Waals surface area contributed by atoms with Gasteiger partial charge in [-0.05, 0) is 23.5 Å². The van der Waals surface area contributed by atoms with Gasteiger partial charge in [-0.2, -0.15) is 20.6 Å². The SMILES string of the molecule is CC1(C)C[C@@H](C(=O)Nc2cnc(-n3nccn3)c(C#N)c2)c2cnn3cc(C(F)F)nc3c21. The van der Waals surface area contributed by atoms with Crippen LogP contribution in [0.4, 0.5) is 14.5 Å². The molecule has 0 aliphatic heterocycles. The number of imidazole rings is 1. The van der Waals surface area contributed by atoms with Gasteiger partial charge >= 0.3 is 0 Å². The standard InChI is InChI=1S/C21H17F2N9O/c1-21(2)6-13(14-9-28-31-10-15(17(22)23)30-19(31)16(14)21)20(33)29-12-5-11(7-24)18(25-8-12)32-26-3-4-27-32/h3-5,8-10,13,17H,6H2,1-2H3,(H,29,33)/t13-/m1/s1. The molecule has 5 rings (SSSR count). The first-order chi connectivity index (χ1) is 15.8. The van der Waals surface area contributed by atoms with E-state index in [0.717, 1.165) is 5.56 Å². The van der Waals surface area contributed by atoms with E-state index in [4.69, 9.17) is 0 Å². The Bertz CT molecular complexity index is 1420. The number of amides is 1. The fourth-order valence-electron chi connectivity index (χ4n) is 4.31. The number of rotatable bonds is 4. The predicted molar refractivity (Wildman–Crippen MR) is 111 cm³/mol. The van der Waals surface area contributed by atoms with Crippen molar-refractivity contribution in [1.82, 2.24) is 34.6 Å². The molecule has 33 heavy (non-hydrogen) atoms. The number of anilines is 1. The van der Waals surface area contributed by atoms with Gasteiger partial charge in [0.2, 0.25) is 5.91 Å². The number of hydrogen-bond donors (Lipinski definition) is 1. The predicted octanol–water partition coefficient (Wildman–Crippen LogP) is 2.92. The third-order valence-electron chi connectivity index (χ3n) is 5.71. The van der Waals surface area contributed by atoms with Crippen LogP contribution in [0.2, 0.25) is 0 Å². The van der Waals surface area contributed by atoms with Crippen LogP contribution in [0.15, 0.2) is 37.1 Å². The van der Waals surface area contributed by atoms with Gasteiger partial charge in [0.15, 0.2) is 11.5 Å². The van der Waals surface area contributed by atoms with Gasteiger partial charge < -0.3 is 5.32 Å². The third-order valence-corrected chi connectivity index (χ3v) is 5.71. The largest absolute Gasteiger partial charge is 0.324 e. The van der Waals surface area contributed by atoms with E-state index in [1.165, 1.54) is 46.4 Å². The maximum absolute atomic E-state index is 13.2. The molecule has 1 aliphatic carbocycles. The summed E-state index contributed by atoms with van der Waals surface area (Å²) in [5, 5.41) is 24.4. The average molecular weight is 449 g/mol. The topological polar surface area (TPSA) is 127 Å². The molecule has 0 spiro atoms. The Balaban J connectivity index is 1.47. The lowest BCUT2D eigenvalue weighted by molar-refractivity contribution is -0.117. The first-order valence-corrected chi connectivity index (χ1v) is 10.0. The lowest BCUT2D eigenvalue weighted by Crippen LogP contribution is -2.21. The van der Waals surface area contributed by atoms with Gasteiger partial charge in [0.1, 0.15) is 17.3 Å². The van der Waals surface area contributed by atoms with Crippen molar-refractivity contribution in [3.8, 4) is 11.9 Å². The van der Waals surface area contributed by atoms with Crippen molar-refractivity contribution in [2.45, 2.75) is 38.0 Å². The Hall–Kier alpha value is -4.27. The second-order valence-corrected chi connectivity index (χ2v) is 8.36. The summed E-state index contributed by atoms with van der Waals surface area (Å²) >= 11 is 0. The van der Waals surface area contributed by atoms with Crippen molar-refractivity contribution in [1.29, 1.82) is 5.26 Å². The number of nitrogens with one attached hydrogen (secondary N) is 1. The Morgan fingerprint density at radius 1 is 1.27 bits per heavy atom. The summed E-state index contributed by atoms with van der Waals surface area (Å²) in [6, 6.07) is 3.53. The molecule has 166 valence electrons. The molecule has 4 aromatic rings. The first kappa shape index (κ1) is 20.6. The number of halogens is 2. The van der Waals surface area contributed by atoms with Gasteiger partial charge in [-0.3, -0.25) is 4.79 Å². The normalized spacial score (nSPS) is 16.7. The molecule has 1 N–H and O–H groups in total. The minimum Gasteiger partial charge on any atom is -0.324 e. The van der Waals surface area contributed by atoms with E-state index < -0.39 is 17.8 Å². The summed E-state index contributed by atoms with van der Waals surface area (Å²) in [6.45, 7) is 3.88. The number of fused-ring (bicyclic) bond motifs is 3. The monoisotopic (exact) mass is 449 g/mol. The van der Waals surface area contributed by atoms with E-state index in [9.17, 15) is 18.8 Å². The molecule has 0 fully saturated rings. The van der Waals surface area contributed by atoms with Crippen molar-refractivity contribution in [3.63, 3.8) is 0 Å².